The summed E-state index contributed by atoms with van der Waals surface area (Å²) in [4.78, 5) is 19.3. The van der Waals surface area contributed by atoms with Gasteiger partial charge in [0.25, 0.3) is 0 Å². The lowest BCUT2D eigenvalue weighted by atomic mass is 10.2. The van der Waals surface area contributed by atoms with Gasteiger partial charge in [-0.15, -0.1) is 0 Å². The lowest BCUT2D eigenvalue weighted by Crippen LogP contribution is -2.10. The third-order valence-corrected chi connectivity index (χ3v) is 3.39. The SMILES string of the molecule is CCC(C#N)Sc1nc(C)nc(C)c1C(=O)O. The lowest BCUT2D eigenvalue weighted by molar-refractivity contribution is 0.0690. The molecule has 1 unspecified atom stereocenters. The van der Waals surface area contributed by atoms with E-state index in [2.05, 4.69) is 16.0 Å². The quantitative estimate of drug-likeness (QED) is 0.652. The Labute approximate surface area is 104 Å². The van der Waals surface area contributed by atoms with Crippen molar-refractivity contribution in [1.82, 2.24) is 9.97 Å². The summed E-state index contributed by atoms with van der Waals surface area (Å²) in [5, 5.41) is 18.1. The Balaban J connectivity index is 3.22. The molecule has 1 heterocycles. The van der Waals surface area contributed by atoms with Gasteiger partial charge >= 0.3 is 5.97 Å². The van der Waals surface area contributed by atoms with Gasteiger partial charge in [0.1, 0.15) is 16.4 Å². The number of thioether (sulfide) groups is 1. The van der Waals surface area contributed by atoms with E-state index in [0.29, 0.717) is 23.0 Å². The van der Waals surface area contributed by atoms with E-state index in [-0.39, 0.29) is 10.8 Å². The van der Waals surface area contributed by atoms with Crippen molar-refractivity contribution in [2.45, 2.75) is 37.5 Å². The zero-order chi connectivity index (χ0) is 13.0. The molecule has 0 aliphatic rings. The van der Waals surface area contributed by atoms with Crippen molar-refractivity contribution in [2.75, 3.05) is 0 Å². The first-order valence-corrected chi connectivity index (χ1v) is 6.02. The predicted octanol–water partition coefficient (Wildman–Crippen LogP) is 2.19. The number of carboxylic acids is 1. The number of carboxylic acid groups (broad SMARTS) is 1. The first-order chi connectivity index (χ1) is 7.99. The zero-order valence-corrected chi connectivity index (χ0v) is 10.7. The smallest absolute Gasteiger partial charge is 0.340 e. The number of aromatic carboxylic acids is 1. The fourth-order valence-electron chi connectivity index (χ4n) is 1.35. The van der Waals surface area contributed by atoms with Gasteiger partial charge in [0.15, 0.2) is 0 Å². The van der Waals surface area contributed by atoms with E-state index in [0.717, 1.165) is 0 Å². The van der Waals surface area contributed by atoms with Crippen molar-refractivity contribution in [2.24, 2.45) is 0 Å². The number of aromatic nitrogens is 2. The van der Waals surface area contributed by atoms with Gasteiger partial charge in [-0.3, -0.25) is 0 Å². The van der Waals surface area contributed by atoms with Crippen molar-refractivity contribution in [3.05, 3.63) is 17.1 Å². The maximum atomic E-state index is 11.1. The average molecular weight is 251 g/mol. The fourth-order valence-corrected chi connectivity index (χ4v) is 2.38. The molecule has 1 atom stereocenters. The van der Waals surface area contributed by atoms with Gasteiger partial charge in [-0.1, -0.05) is 18.7 Å². The van der Waals surface area contributed by atoms with Gasteiger partial charge in [-0.05, 0) is 20.3 Å². The van der Waals surface area contributed by atoms with E-state index >= 15 is 0 Å². The maximum absolute atomic E-state index is 11.1. The Morgan fingerprint density at radius 1 is 1.53 bits per heavy atom. The standard InChI is InChI=1S/C11H13N3O2S/c1-4-8(5-12)17-10-9(11(15)16)6(2)13-7(3)14-10/h8H,4H2,1-3H3,(H,15,16). The maximum Gasteiger partial charge on any atom is 0.340 e. The largest absolute Gasteiger partial charge is 0.478 e. The van der Waals surface area contributed by atoms with Gasteiger partial charge in [-0.25, -0.2) is 14.8 Å². The number of hydrogen-bond donors (Lipinski definition) is 1. The number of rotatable bonds is 4. The van der Waals surface area contributed by atoms with Crippen LogP contribution in [0.25, 0.3) is 0 Å². The Bertz CT molecular complexity index is 482. The molecule has 0 saturated heterocycles. The highest BCUT2D eigenvalue weighted by atomic mass is 32.2. The summed E-state index contributed by atoms with van der Waals surface area (Å²) in [6.07, 6.45) is 0.641. The highest BCUT2D eigenvalue weighted by Crippen LogP contribution is 2.27. The summed E-state index contributed by atoms with van der Waals surface area (Å²) in [5.41, 5.74) is 0.523. The highest BCUT2D eigenvalue weighted by Gasteiger charge is 2.20. The molecule has 0 aliphatic carbocycles. The molecule has 0 aliphatic heterocycles. The molecular weight excluding hydrogens is 238 g/mol. The number of nitriles is 1. The highest BCUT2D eigenvalue weighted by molar-refractivity contribution is 8.00. The molecule has 0 aromatic carbocycles. The second-order valence-electron chi connectivity index (χ2n) is 3.49. The summed E-state index contributed by atoms with van der Waals surface area (Å²) >= 11 is 1.18. The number of carbonyl (C=O) groups is 1. The molecule has 1 N–H and O–H groups in total. The van der Waals surface area contributed by atoms with Crippen LogP contribution in [0, 0.1) is 25.2 Å². The topological polar surface area (TPSA) is 86.9 Å². The molecule has 1 aromatic heterocycles. The number of nitrogens with zero attached hydrogens (tertiary/aromatic N) is 3. The molecule has 0 radical (unpaired) electrons. The Kier molecular flexibility index (Phi) is 4.46. The van der Waals surface area contributed by atoms with E-state index in [1.54, 1.807) is 13.8 Å². The lowest BCUT2D eigenvalue weighted by Gasteiger charge is -2.10. The van der Waals surface area contributed by atoms with Gasteiger partial charge < -0.3 is 5.11 Å². The second-order valence-corrected chi connectivity index (χ2v) is 4.68. The molecule has 0 amide bonds. The van der Waals surface area contributed by atoms with Gasteiger partial charge in [-0.2, -0.15) is 5.26 Å². The van der Waals surface area contributed by atoms with Crippen LogP contribution >= 0.6 is 11.8 Å². The van der Waals surface area contributed by atoms with Crippen molar-refractivity contribution in [3.63, 3.8) is 0 Å². The second kappa shape index (κ2) is 5.64. The minimum absolute atomic E-state index is 0.0919. The van der Waals surface area contributed by atoms with Crippen LogP contribution in [0.4, 0.5) is 0 Å². The van der Waals surface area contributed by atoms with Crippen LogP contribution in [0.5, 0.6) is 0 Å². The molecule has 0 bridgehead atoms. The van der Waals surface area contributed by atoms with Crippen LogP contribution in [0.3, 0.4) is 0 Å². The Hall–Kier alpha value is -1.61. The zero-order valence-electron chi connectivity index (χ0n) is 9.89. The van der Waals surface area contributed by atoms with Crippen LogP contribution in [0.1, 0.15) is 35.2 Å². The molecule has 90 valence electrons. The minimum atomic E-state index is -1.06. The van der Waals surface area contributed by atoms with Crippen LogP contribution in [0.2, 0.25) is 0 Å². The normalized spacial score (nSPS) is 11.9. The van der Waals surface area contributed by atoms with Gasteiger partial charge in [0.05, 0.1) is 17.0 Å². The molecule has 0 fully saturated rings. The van der Waals surface area contributed by atoms with Crippen LogP contribution in [-0.4, -0.2) is 26.3 Å². The van der Waals surface area contributed by atoms with Gasteiger partial charge in [0.2, 0.25) is 0 Å². The molecular formula is C11H13N3O2S. The van der Waals surface area contributed by atoms with E-state index in [4.69, 9.17) is 10.4 Å². The Morgan fingerprint density at radius 2 is 2.18 bits per heavy atom. The van der Waals surface area contributed by atoms with Crippen molar-refractivity contribution >= 4 is 17.7 Å². The third-order valence-electron chi connectivity index (χ3n) is 2.15. The van der Waals surface area contributed by atoms with Crippen LogP contribution in [0.15, 0.2) is 5.03 Å². The average Bonchev–Trinajstić information content (AvgIpc) is 2.24. The van der Waals surface area contributed by atoms with E-state index in [9.17, 15) is 4.79 Å². The van der Waals surface area contributed by atoms with E-state index in [1.165, 1.54) is 11.8 Å². The molecule has 6 heteroatoms. The summed E-state index contributed by atoms with van der Waals surface area (Å²) in [6, 6.07) is 2.11. The first kappa shape index (κ1) is 13.5. The van der Waals surface area contributed by atoms with E-state index in [1.807, 2.05) is 6.92 Å². The first-order valence-electron chi connectivity index (χ1n) is 5.14. The summed E-state index contributed by atoms with van der Waals surface area (Å²) in [7, 11) is 0. The number of aryl methyl sites for hydroxylation is 2. The molecule has 0 saturated carbocycles. The Morgan fingerprint density at radius 3 is 2.65 bits per heavy atom. The fraction of sp³-hybridized carbons (Fsp3) is 0.455. The third kappa shape index (κ3) is 3.17. The van der Waals surface area contributed by atoms with Crippen molar-refractivity contribution < 1.29 is 9.90 Å². The predicted molar refractivity (Wildman–Crippen MR) is 64.0 cm³/mol. The number of hydrogen-bond acceptors (Lipinski definition) is 5. The van der Waals surface area contributed by atoms with Crippen molar-refractivity contribution in [3.8, 4) is 6.07 Å². The molecule has 1 aromatic rings. The minimum Gasteiger partial charge on any atom is -0.478 e. The van der Waals surface area contributed by atoms with Crippen LogP contribution < -0.4 is 0 Å². The van der Waals surface area contributed by atoms with Crippen LogP contribution in [-0.2, 0) is 0 Å². The molecule has 1 rings (SSSR count). The summed E-state index contributed by atoms with van der Waals surface area (Å²) < 4.78 is 0. The molecule has 0 spiro atoms. The van der Waals surface area contributed by atoms with Gasteiger partial charge in [0, 0.05) is 0 Å². The summed E-state index contributed by atoms with van der Waals surface area (Å²) in [6.45, 7) is 5.22. The summed E-state index contributed by atoms with van der Waals surface area (Å²) in [5.74, 6) is -0.541. The van der Waals surface area contributed by atoms with Crippen molar-refractivity contribution in [1.29, 1.82) is 5.26 Å². The van der Waals surface area contributed by atoms with E-state index < -0.39 is 5.97 Å². The molecule has 17 heavy (non-hydrogen) atoms. The molecule has 5 nitrogen and oxygen atoms in total. The monoisotopic (exact) mass is 251 g/mol.